The Kier molecular flexibility index (Phi) is 5.17. The normalized spacial score (nSPS) is 21.2. The van der Waals surface area contributed by atoms with Gasteiger partial charge in [-0.2, -0.15) is 0 Å². The number of hydrogen-bond acceptors (Lipinski definition) is 3. The molecule has 3 heteroatoms. The maximum atomic E-state index is 6.45. The van der Waals surface area contributed by atoms with Crippen LogP contribution in [0.3, 0.4) is 0 Å². The van der Waals surface area contributed by atoms with E-state index in [9.17, 15) is 0 Å². The second-order valence-corrected chi connectivity index (χ2v) is 4.91. The highest BCUT2D eigenvalue weighted by atomic mass is 16.5. The largest absolute Gasteiger partial charge is 0.380 e. The highest BCUT2D eigenvalue weighted by Gasteiger charge is 2.25. The highest BCUT2D eigenvalue weighted by Crippen LogP contribution is 2.22. The van der Waals surface area contributed by atoms with Crippen LogP contribution >= 0.6 is 0 Å². The van der Waals surface area contributed by atoms with E-state index in [-0.39, 0.29) is 6.04 Å². The SMILES string of the molecule is CCC(C(N)c1ccccc1)N1CCCOCC1. The maximum Gasteiger partial charge on any atom is 0.0593 e. The van der Waals surface area contributed by atoms with Gasteiger partial charge in [-0.05, 0) is 18.4 Å². The van der Waals surface area contributed by atoms with Crippen LogP contribution in [0.5, 0.6) is 0 Å². The zero-order valence-electron chi connectivity index (χ0n) is 11.2. The third kappa shape index (κ3) is 3.31. The van der Waals surface area contributed by atoms with Crippen LogP contribution in [0.25, 0.3) is 0 Å². The summed E-state index contributed by atoms with van der Waals surface area (Å²) >= 11 is 0. The van der Waals surface area contributed by atoms with Crippen molar-refractivity contribution in [1.82, 2.24) is 4.90 Å². The van der Waals surface area contributed by atoms with Crippen LogP contribution in [0.15, 0.2) is 30.3 Å². The Morgan fingerprint density at radius 2 is 2.00 bits per heavy atom. The van der Waals surface area contributed by atoms with Gasteiger partial charge >= 0.3 is 0 Å². The van der Waals surface area contributed by atoms with Gasteiger partial charge in [0.25, 0.3) is 0 Å². The summed E-state index contributed by atoms with van der Waals surface area (Å²) in [5.41, 5.74) is 7.68. The summed E-state index contributed by atoms with van der Waals surface area (Å²) in [5, 5.41) is 0. The van der Waals surface area contributed by atoms with E-state index in [1.54, 1.807) is 0 Å². The molecule has 0 amide bonds. The van der Waals surface area contributed by atoms with Crippen molar-refractivity contribution >= 4 is 0 Å². The Morgan fingerprint density at radius 1 is 1.22 bits per heavy atom. The Bertz CT molecular complexity index is 334. The highest BCUT2D eigenvalue weighted by molar-refractivity contribution is 5.20. The number of ether oxygens (including phenoxy) is 1. The molecule has 0 radical (unpaired) electrons. The van der Waals surface area contributed by atoms with Gasteiger partial charge in [-0.3, -0.25) is 4.90 Å². The molecule has 1 heterocycles. The van der Waals surface area contributed by atoms with E-state index in [0.29, 0.717) is 6.04 Å². The number of hydrogen-bond donors (Lipinski definition) is 1. The van der Waals surface area contributed by atoms with E-state index in [1.165, 1.54) is 5.56 Å². The molecule has 1 saturated heterocycles. The quantitative estimate of drug-likeness (QED) is 0.887. The molecule has 18 heavy (non-hydrogen) atoms. The van der Waals surface area contributed by atoms with Crippen molar-refractivity contribution in [3.8, 4) is 0 Å². The summed E-state index contributed by atoms with van der Waals surface area (Å²) in [6.07, 6.45) is 2.19. The van der Waals surface area contributed by atoms with E-state index >= 15 is 0 Å². The lowest BCUT2D eigenvalue weighted by molar-refractivity contribution is 0.124. The van der Waals surface area contributed by atoms with E-state index in [2.05, 4.69) is 36.1 Å². The topological polar surface area (TPSA) is 38.5 Å². The summed E-state index contributed by atoms with van der Waals surface area (Å²) in [5.74, 6) is 0. The summed E-state index contributed by atoms with van der Waals surface area (Å²) in [7, 11) is 0. The molecule has 0 saturated carbocycles. The third-order valence-corrected chi connectivity index (χ3v) is 3.74. The van der Waals surface area contributed by atoms with Crippen LogP contribution in [-0.2, 0) is 4.74 Å². The third-order valence-electron chi connectivity index (χ3n) is 3.74. The van der Waals surface area contributed by atoms with E-state index < -0.39 is 0 Å². The summed E-state index contributed by atoms with van der Waals surface area (Å²) < 4.78 is 5.52. The first-order valence-electron chi connectivity index (χ1n) is 6.95. The van der Waals surface area contributed by atoms with Crippen LogP contribution < -0.4 is 5.73 Å². The van der Waals surface area contributed by atoms with E-state index in [0.717, 1.165) is 39.1 Å². The van der Waals surface area contributed by atoms with Crippen LogP contribution in [-0.4, -0.2) is 37.2 Å². The molecule has 2 unspecified atom stereocenters. The monoisotopic (exact) mass is 248 g/mol. The number of rotatable bonds is 4. The van der Waals surface area contributed by atoms with Crippen molar-refractivity contribution in [2.75, 3.05) is 26.3 Å². The van der Waals surface area contributed by atoms with Crippen LogP contribution in [0.2, 0.25) is 0 Å². The van der Waals surface area contributed by atoms with Gasteiger partial charge in [0.2, 0.25) is 0 Å². The summed E-state index contributed by atoms with van der Waals surface area (Å²) in [6.45, 7) is 6.03. The predicted molar refractivity (Wildman–Crippen MR) is 74.5 cm³/mol. The lowest BCUT2D eigenvalue weighted by atomic mass is 9.96. The first-order chi connectivity index (χ1) is 8.83. The molecular weight excluding hydrogens is 224 g/mol. The smallest absolute Gasteiger partial charge is 0.0593 e. The molecule has 1 aliphatic rings. The van der Waals surface area contributed by atoms with Gasteiger partial charge in [0.15, 0.2) is 0 Å². The van der Waals surface area contributed by atoms with Crippen molar-refractivity contribution in [3.05, 3.63) is 35.9 Å². The lowest BCUT2D eigenvalue weighted by Gasteiger charge is -2.34. The number of nitrogens with zero attached hydrogens (tertiary/aromatic N) is 1. The van der Waals surface area contributed by atoms with Gasteiger partial charge in [-0.1, -0.05) is 37.3 Å². The lowest BCUT2D eigenvalue weighted by Crippen LogP contribution is -2.43. The fourth-order valence-corrected chi connectivity index (χ4v) is 2.73. The number of nitrogens with two attached hydrogens (primary N) is 1. The molecule has 0 spiro atoms. The Balaban J connectivity index is 2.07. The van der Waals surface area contributed by atoms with Crippen LogP contribution in [0.1, 0.15) is 31.4 Å². The van der Waals surface area contributed by atoms with E-state index in [4.69, 9.17) is 10.5 Å². The minimum absolute atomic E-state index is 0.0919. The molecule has 0 bridgehead atoms. The molecule has 100 valence electrons. The molecule has 2 N–H and O–H groups in total. The van der Waals surface area contributed by atoms with Gasteiger partial charge in [-0.15, -0.1) is 0 Å². The average molecular weight is 248 g/mol. The molecule has 3 nitrogen and oxygen atoms in total. The second kappa shape index (κ2) is 6.88. The fourth-order valence-electron chi connectivity index (χ4n) is 2.73. The zero-order chi connectivity index (χ0) is 12.8. The predicted octanol–water partition coefficient (Wildman–Crippen LogP) is 2.19. The maximum absolute atomic E-state index is 6.45. The first-order valence-corrected chi connectivity index (χ1v) is 6.95. The van der Waals surface area contributed by atoms with Crippen LogP contribution in [0, 0.1) is 0 Å². The van der Waals surface area contributed by atoms with Gasteiger partial charge in [-0.25, -0.2) is 0 Å². The fraction of sp³-hybridized carbons (Fsp3) is 0.600. The van der Waals surface area contributed by atoms with Crippen molar-refractivity contribution in [2.45, 2.75) is 31.8 Å². The Hall–Kier alpha value is -0.900. The van der Waals surface area contributed by atoms with Crippen molar-refractivity contribution in [3.63, 3.8) is 0 Å². The Morgan fingerprint density at radius 3 is 2.72 bits per heavy atom. The van der Waals surface area contributed by atoms with Crippen molar-refractivity contribution < 1.29 is 4.74 Å². The second-order valence-electron chi connectivity index (χ2n) is 4.91. The van der Waals surface area contributed by atoms with Crippen molar-refractivity contribution in [2.24, 2.45) is 5.73 Å². The minimum atomic E-state index is 0.0919. The zero-order valence-corrected chi connectivity index (χ0v) is 11.2. The average Bonchev–Trinajstić information content (AvgIpc) is 2.70. The van der Waals surface area contributed by atoms with Crippen LogP contribution in [0.4, 0.5) is 0 Å². The minimum Gasteiger partial charge on any atom is -0.380 e. The van der Waals surface area contributed by atoms with Crippen molar-refractivity contribution in [1.29, 1.82) is 0 Å². The molecule has 1 aromatic rings. The van der Waals surface area contributed by atoms with E-state index in [1.807, 2.05) is 6.07 Å². The molecular formula is C15H24N2O. The molecule has 1 fully saturated rings. The van der Waals surface area contributed by atoms with Gasteiger partial charge in [0.1, 0.15) is 0 Å². The molecule has 0 aromatic heterocycles. The molecule has 2 rings (SSSR count). The van der Waals surface area contributed by atoms with Gasteiger partial charge in [0, 0.05) is 31.8 Å². The Labute approximate surface area is 110 Å². The molecule has 1 aromatic carbocycles. The van der Waals surface area contributed by atoms with Gasteiger partial charge in [0.05, 0.1) is 6.61 Å². The number of benzene rings is 1. The molecule has 0 aliphatic carbocycles. The van der Waals surface area contributed by atoms with Gasteiger partial charge < -0.3 is 10.5 Å². The molecule has 2 atom stereocenters. The molecule has 1 aliphatic heterocycles. The summed E-state index contributed by atoms with van der Waals surface area (Å²) in [6, 6.07) is 10.9. The standard InChI is InChI=1S/C15H24N2O/c1-2-14(17-9-6-11-18-12-10-17)15(16)13-7-4-3-5-8-13/h3-5,7-8,14-15H,2,6,9-12,16H2,1H3. The first kappa shape index (κ1) is 13.5. The summed E-state index contributed by atoms with van der Waals surface area (Å²) in [4.78, 5) is 2.49.